The first-order valence-electron chi connectivity index (χ1n) is 5.29. The maximum atomic E-state index is 11.6. The Labute approximate surface area is 103 Å². The molecule has 94 valence electrons. The summed E-state index contributed by atoms with van der Waals surface area (Å²) >= 11 is 1.11. The second kappa shape index (κ2) is 5.77. The van der Waals surface area contributed by atoms with Gasteiger partial charge in [-0.2, -0.15) is 0 Å². The van der Waals surface area contributed by atoms with Gasteiger partial charge >= 0.3 is 10.8 Å². The quantitative estimate of drug-likeness (QED) is 0.584. The van der Waals surface area contributed by atoms with Crippen molar-refractivity contribution in [3.05, 3.63) is 20.2 Å². The van der Waals surface area contributed by atoms with Crippen LogP contribution in [0.2, 0.25) is 0 Å². The number of carbonyl (C=O) groups excluding carboxylic acids is 2. The minimum atomic E-state index is -0.546. The molecular formula is C11H15NO4S. The van der Waals surface area contributed by atoms with Gasteiger partial charge in [0.15, 0.2) is 5.78 Å². The number of hydrogen-bond donors (Lipinski definition) is 0. The summed E-state index contributed by atoms with van der Waals surface area (Å²) in [5.41, 5.74) is 0.775. The molecule has 0 saturated heterocycles. The van der Waals surface area contributed by atoms with Gasteiger partial charge in [-0.05, 0) is 20.8 Å². The molecule has 0 unspecified atom stereocenters. The third kappa shape index (κ3) is 3.52. The van der Waals surface area contributed by atoms with E-state index >= 15 is 0 Å². The van der Waals surface area contributed by atoms with Gasteiger partial charge in [-0.1, -0.05) is 11.3 Å². The number of aromatic nitrogens is 1. The molecular weight excluding hydrogens is 242 g/mol. The van der Waals surface area contributed by atoms with Crippen molar-refractivity contribution in [2.24, 2.45) is 0 Å². The average molecular weight is 257 g/mol. The second-order valence-corrected chi connectivity index (χ2v) is 4.78. The van der Waals surface area contributed by atoms with Crippen LogP contribution in [-0.2, 0) is 20.9 Å². The van der Waals surface area contributed by atoms with Crippen molar-refractivity contribution in [3.63, 3.8) is 0 Å². The Morgan fingerprint density at radius 3 is 2.47 bits per heavy atom. The summed E-state index contributed by atoms with van der Waals surface area (Å²) in [4.78, 5) is 34.9. The van der Waals surface area contributed by atoms with E-state index in [1.165, 1.54) is 4.57 Å². The van der Waals surface area contributed by atoms with E-state index in [9.17, 15) is 14.4 Å². The molecule has 0 aliphatic heterocycles. The molecule has 0 spiro atoms. The number of rotatable bonds is 5. The van der Waals surface area contributed by atoms with Crippen LogP contribution in [0, 0.1) is 13.8 Å². The molecule has 1 heterocycles. The fourth-order valence-electron chi connectivity index (χ4n) is 1.38. The number of ether oxygens (including phenoxy) is 1. The van der Waals surface area contributed by atoms with Gasteiger partial charge in [0.25, 0.3) is 0 Å². The van der Waals surface area contributed by atoms with E-state index in [4.69, 9.17) is 0 Å². The van der Waals surface area contributed by atoms with Crippen LogP contribution in [0.5, 0.6) is 0 Å². The van der Waals surface area contributed by atoms with Gasteiger partial charge in [0, 0.05) is 10.6 Å². The zero-order chi connectivity index (χ0) is 13.0. The van der Waals surface area contributed by atoms with Crippen molar-refractivity contribution in [1.29, 1.82) is 0 Å². The van der Waals surface area contributed by atoms with Crippen LogP contribution < -0.4 is 4.87 Å². The highest BCUT2D eigenvalue weighted by Gasteiger charge is 2.14. The van der Waals surface area contributed by atoms with Crippen molar-refractivity contribution in [2.45, 2.75) is 33.7 Å². The minimum Gasteiger partial charge on any atom is -0.466 e. The van der Waals surface area contributed by atoms with Gasteiger partial charge in [-0.3, -0.25) is 19.0 Å². The van der Waals surface area contributed by atoms with Gasteiger partial charge in [-0.25, -0.2) is 0 Å². The Kier molecular flexibility index (Phi) is 4.62. The minimum absolute atomic E-state index is 0.0617. The molecule has 0 aliphatic carbocycles. The molecule has 0 saturated carbocycles. The van der Waals surface area contributed by atoms with E-state index in [0.29, 0.717) is 0 Å². The Bertz CT molecular complexity index is 486. The van der Waals surface area contributed by atoms with Crippen LogP contribution >= 0.6 is 11.3 Å². The fourth-order valence-corrected chi connectivity index (χ4v) is 2.21. The third-order valence-electron chi connectivity index (χ3n) is 2.36. The van der Waals surface area contributed by atoms with Crippen LogP contribution in [0.25, 0.3) is 0 Å². The Morgan fingerprint density at radius 2 is 2.00 bits per heavy atom. The smallest absolute Gasteiger partial charge is 0.313 e. The van der Waals surface area contributed by atoms with Crippen LogP contribution in [0.15, 0.2) is 4.79 Å². The molecule has 5 nitrogen and oxygen atoms in total. The SMILES string of the molecule is CCOC(=O)CC(=O)Cn1c(C)c(C)sc1=O. The van der Waals surface area contributed by atoms with E-state index in [1.807, 2.05) is 6.92 Å². The molecule has 1 aromatic rings. The summed E-state index contributed by atoms with van der Waals surface area (Å²) in [6, 6.07) is 0. The van der Waals surface area contributed by atoms with Crippen molar-refractivity contribution < 1.29 is 14.3 Å². The average Bonchev–Trinajstić information content (AvgIpc) is 2.45. The van der Waals surface area contributed by atoms with Gasteiger partial charge < -0.3 is 4.74 Å². The van der Waals surface area contributed by atoms with Crippen LogP contribution in [-0.4, -0.2) is 22.9 Å². The molecule has 17 heavy (non-hydrogen) atoms. The van der Waals surface area contributed by atoms with E-state index in [1.54, 1.807) is 13.8 Å². The number of esters is 1. The highest BCUT2D eigenvalue weighted by molar-refractivity contribution is 7.09. The zero-order valence-electron chi connectivity index (χ0n) is 10.1. The number of Topliss-reactive ketones (excluding diaryl/α,β-unsaturated/α-hetero) is 1. The Balaban J connectivity index is 2.69. The van der Waals surface area contributed by atoms with E-state index in [2.05, 4.69) is 4.74 Å². The number of nitrogens with zero attached hydrogens (tertiary/aromatic N) is 1. The zero-order valence-corrected chi connectivity index (χ0v) is 10.9. The lowest BCUT2D eigenvalue weighted by Crippen LogP contribution is -2.22. The first kappa shape index (κ1) is 13.6. The number of aryl methyl sites for hydroxylation is 1. The first-order chi connectivity index (χ1) is 7.95. The Morgan fingerprint density at radius 1 is 1.35 bits per heavy atom. The van der Waals surface area contributed by atoms with Crippen LogP contribution in [0.1, 0.15) is 23.9 Å². The van der Waals surface area contributed by atoms with E-state index in [0.717, 1.165) is 21.9 Å². The Hall–Kier alpha value is -1.43. The summed E-state index contributed by atoms with van der Waals surface area (Å²) in [6.07, 6.45) is -0.283. The highest BCUT2D eigenvalue weighted by atomic mass is 32.1. The molecule has 0 atom stereocenters. The summed E-state index contributed by atoms with van der Waals surface area (Å²) < 4.78 is 6.06. The normalized spacial score (nSPS) is 10.3. The first-order valence-corrected chi connectivity index (χ1v) is 6.11. The number of ketones is 1. The molecule has 0 aromatic carbocycles. The summed E-state index contributed by atoms with van der Waals surface area (Å²) in [6.45, 7) is 5.48. The number of thiazole rings is 1. The molecule has 0 bridgehead atoms. The van der Waals surface area contributed by atoms with Crippen molar-refractivity contribution in [3.8, 4) is 0 Å². The monoisotopic (exact) mass is 257 g/mol. The lowest BCUT2D eigenvalue weighted by molar-refractivity contribution is -0.145. The molecule has 1 aromatic heterocycles. The summed E-state index contributed by atoms with van der Waals surface area (Å²) in [5.74, 6) is -0.860. The maximum Gasteiger partial charge on any atom is 0.313 e. The van der Waals surface area contributed by atoms with Crippen LogP contribution in [0.3, 0.4) is 0 Å². The second-order valence-electron chi connectivity index (χ2n) is 3.62. The van der Waals surface area contributed by atoms with Crippen molar-refractivity contribution in [1.82, 2.24) is 4.57 Å². The molecule has 0 fully saturated rings. The third-order valence-corrected chi connectivity index (χ3v) is 3.35. The van der Waals surface area contributed by atoms with E-state index in [-0.39, 0.29) is 30.2 Å². The van der Waals surface area contributed by atoms with Gasteiger partial charge in [0.1, 0.15) is 6.42 Å². The van der Waals surface area contributed by atoms with E-state index < -0.39 is 5.97 Å². The number of hydrogen-bond acceptors (Lipinski definition) is 5. The summed E-state index contributed by atoms with van der Waals surface area (Å²) in [5, 5.41) is 0. The molecule has 6 heteroatoms. The molecule has 0 N–H and O–H groups in total. The van der Waals surface area contributed by atoms with Crippen molar-refractivity contribution in [2.75, 3.05) is 6.61 Å². The van der Waals surface area contributed by atoms with Crippen LogP contribution in [0.4, 0.5) is 0 Å². The fraction of sp³-hybridized carbons (Fsp3) is 0.545. The molecule has 0 amide bonds. The molecule has 0 aliphatic rings. The van der Waals surface area contributed by atoms with Gasteiger partial charge in [0.2, 0.25) is 0 Å². The highest BCUT2D eigenvalue weighted by Crippen LogP contribution is 2.09. The lowest BCUT2D eigenvalue weighted by Gasteiger charge is -2.04. The summed E-state index contributed by atoms with van der Waals surface area (Å²) in [7, 11) is 0. The topological polar surface area (TPSA) is 65.4 Å². The maximum absolute atomic E-state index is 11.6. The molecule has 0 radical (unpaired) electrons. The predicted octanol–water partition coefficient (Wildman–Crippen LogP) is 1.05. The van der Waals surface area contributed by atoms with Gasteiger partial charge in [0.05, 0.1) is 13.2 Å². The number of carbonyl (C=O) groups is 2. The predicted molar refractivity (Wildman–Crippen MR) is 64.3 cm³/mol. The standard InChI is InChI=1S/C11H15NO4S/c1-4-16-10(14)5-9(13)6-12-7(2)8(3)17-11(12)15/h4-6H2,1-3H3. The largest absolute Gasteiger partial charge is 0.466 e. The van der Waals surface area contributed by atoms with Gasteiger partial charge in [-0.15, -0.1) is 0 Å². The van der Waals surface area contributed by atoms with Crippen molar-refractivity contribution >= 4 is 23.1 Å². The lowest BCUT2D eigenvalue weighted by atomic mass is 10.2. The molecule has 1 rings (SSSR count).